The zero-order valence-electron chi connectivity index (χ0n) is 13.7. The van der Waals surface area contributed by atoms with Gasteiger partial charge in [-0.15, -0.1) is 0 Å². The van der Waals surface area contributed by atoms with Gasteiger partial charge in [-0.1, -0.05) is 6.92 Å². The van der Waals surface area contributed by atoms with E-state index in [-0.39, 0.29) is 18.4 Å². The van der Waals surface area contributed by atoms with Crippen LogP contribution in [0.15, 0.2) is 12.3 Å². The summed E-state index contributed by atoms with van der Waals surface area (Å²) in [6, 6.07) is 1.58. The minimum Gasteiger partial charge on any atom is -0.480 e. The van der Waals surface area contributed by atoms with Gasteiger partial charge in [0.25, 0.3) is 0 Å². The van der Waals surface area contributed by atoms with Crippen LogP contribution < -0.4 is 5.32 Å². The van der Waals surface area contributed by atoms with Crippen molar-refractivity contribution in [2.45, 2.75) is 33.7 Å². The van der Waals surface area contributed by atoms with Gasteiger partial charge in [0.2, 0.25) is 5.91 Å². The number of carbonyl (C=O) groups is 2. The third kappa shape index (κ3) is 3.97. The number of nitrogens with zero attached hydrogens (tertiary/aromatic N) is 4. The van der Waals surface area contributed by atoms with Gasteiger partial charge in [0.05, 0.1) is 5.69 Å². The number of aromatic nitrogens is 4. The molecule has 2 N–H and O–H groups in total. The number of nitrogens with one attached hydrogen (secondary N) is 1. The molecule has 23 heavy (non-hydrogen) atoms. The Hall–Kier alpha value is -2.64. The Morgan fingerprint density at radius 1 is 1.35 bits per heavy atom. The fraction of sp³-hybridized carbons (Fsp3) is 0.467. The molecule has 0 saturated heterocycles. The standard InChI is InChI=1S/C15H21N5O3/c1-9(7-12-10(2)17-19(4)11(12)3)15(23)16-13-5-6-20(18-13)8-14(21)22/h5-6,9H,7-8H2,1-4H3,(H,21,22)(H,16,18,23). The minimum atomic E-state index is -0.984. The highest BCUT2D eigenvalue weighted by Gasteiger charge is 2.19. The molecule has 2 heterocycles. The van der Waals surface area contributed by atoms with Crippen LogP contribution in [-0.2, 0) is 29.6 Å². The molecule has 8 heteroatoms. The summed E-state index contributed by atoms with van der Waals surface area (Å²) in [6.07, 6.45) is 2.11. The van der Waals surface area contributed by atoms with Crippen molar-refractivity contribution in [2.75, 3.05) is 5.32 Å². The number of rotatable bonds is 6. The second-order valence-corrected chi connectivity index (χ2v) is 5.66. The molecule has 0 aromatic carbocycles. The molecule has 0 aliphatic heterocycles. The summed E-state index contributed by atoms with van der Waals surface area (Å²) in [7, 11) is 1.88. The number of aryl methyl sites for hydroxylation is 2. The first-order chi connectivity index (χ1) is 10.8. The fourth-order valence-electron chi connectivity index (χ4n) is 2.42. The predicted octanol–water partition coefficient (Wildman–Crippen LogP) is 1.14. The van der Waals surface area contributed by atoms with E-state index in [0.29, 0.717) is 12.2 Å². The number of anilines is 1. The molecule has 0 aliphatic carbocycles. The monoisotopic (exact) mass is 319 g/mol. The highest BCUT2D eigenvalue weighted by Crippen LogP contribution is 2.18. The van der Waals surface area contributed by atoms with Gasteiger partial charge in [0.15, 0.2) is 5.82 Å². The Bertz CT molecular complexity index is 732. The van der Waals surface area contributed by atoms with Crippen LogP contribution >= 0.6 is 0 Å². The van der Waals surface area contributed by atoms with E-state index in [4.69, 9.17) is 5.11 Å². The predicted molar refractivity (Wildman–Crippen MR) is 84.0 cm³/mol. The van der Waals surface area contributed by atoms with E-state index in [2.05, 4.69) is 15.5 Å². The maximum absolute atomic E-state index is 12.3. The van der Waals surface area contributed by atoms with Gasteiger partial charge < -0.3 is 10.4 Å². The van der Waals surface area contributed by atoms with Crippen molar-refractivity contribution in [3.05, 3.63) is 29.2 Å². The summed E-state index contributed by atoms with van der Waals surface area (Å²) in [5, 5.41) is 19.8. The second kappa shape index (κ2) is 6.64. The number of amides is 1. The third-order valence-electron chi connectivity index (χ3n) is 3.81. The Labute approximate surface area is 134 Å². The lowest BCUT2D eigenvalue weighted by atomic mass is 9.99. The van der Waals surface area contributed by atoms with E-state index in [0.717, 1.165) is 17.0 Å². The van der Waals surface area contributed by atoms with Gasteiger partial charge in [-0.05, 0) is 25.8 Å². The molecule has 0 aliphatic rings. The molecule has 0 radical (unpaired) electrons. The highest BCUT2D eigenvalue weighted by molar-refractivity contribution is 5.91. The minimum absolute atomic E-state index is 0.159. The SMILES string of the molecule is Cc1nn(C)c(C)c1CC(C)C(=O)Nc1ccn(CC(=O)O)n1. The van der Waals surface area contributed by atoms with E-state index in [1.54, 1.807) is 6.07 Å². The van der Waals surface area contributed by atoms with Crippen LogP contribution in [0.1, 0.15) is 23.9 Å². The normalized spacial score (nSPS) is 12.2. The number of hydrogen-bond acceptors (Lipinski definition) is 4. The van der Waals surface area contributed by atoms with E-state index in [1.807, 2.05) is 32.5 Å². The fourth-order valence-corrected chi connectivity index (χ4v) is 2.42. The molecule has 124 valence electrons. The molecule has 1 amide bonds. The average molecular weight is 319 g/mol. The zero-order chi connectivity index (χ0) is 17.1. The number of carboxylic acid groups (broad SMARTS) is 1. The summed E-state index contributed by atoms with van der Waals surface area (Å²) >= 11 is 0. The first-order valence-electron chi connectivity index (χ1n) is 7.33. The number of aliphatic carboxylic acids is 1. The zero-order valence-corrected chi connectivity index (χ0v) is 13.7. The topological polar surface area (TPSA) is 102 Å². The van der Waals surface area contributed by atoms with Gasteiger partial charge in [-0.3, -0.25) is 19.0 Å². The third-order valence-corrected chi connectivity index (χ3v) is 3.81. The molecule has 2 rings (SSSR count). The lowest BCUT2D eigenvalue weighted by molar-refractivity contribution is -0.137. The maximum Gasteiger partial charge on any atom is 0.325 e. The Kier molecular flexibility index (Phi) is 4.83. The summed E-state index contributed by atoms with van der Waals surface area (Å²) in [4.78, 5) is 22.9. The van der Waals surface area contributed by atoms with Gasteiger partial charge in [-0.2, -0.15) is 10.2 Å². The van der Waals surface area contributed by atoms with E-state index in [1.165, 1.54) is 10.9 Å². The molecule has 1 unspecified atom stereocenters. The first kappa shape index (κ1) is 16.7. The largest absolute Gasteiger partial charge is 0.480 e. The van der Waals surface area contributed by atoms with Crippen molar-refractivity contribution in [3.63, 3.8) is 0 Å². The Balaban J connectivity index is 2.00. The lowest BCUT2D eigenvalue weighted by Gasteiger charge is -2.11. The molecule has 2 aromatic rings. The smallest absolute Gasteiger partial charge is 0.325 e. The van der Waals surface area contributed by atoms with E-state index in [9.17, 15) is 9.59 Å². The van der Waals surface area contributed by atoms with Crippen LogP contribution in [0.25, 0.3) is 0 Å². The first-order valence-corrected chi connectivity index (χ1v) is 7.33. The van der Waals surface area contributed by atoms with Crippen molar-refractivity contribution in [1.82, 2.24) is 19.6 Å². The average Bonchev–Trinajstić information content (AvgIpc) is 2.98. The summed E-state index contributed by atoms with van der Waals surface area (Å²) in [6.45, 7) is 5.52. The second-order valence-electron chi connectivity index (χ2n) is 5.66. The number of carboxylic acids is 1. The highest BCUT2D eigenvalue weighted by atomic mass is 16.4. The van der Waals surface area contributed by atoms with Crippen molar-refractivity contribution in [3.8, 4) is 0 Å². The van der Waals surface area contributed by atoms with Crippen LogP contribution in [0.5, 0.6) is 0 Å². The molecular formula is C15H21N5O3. The Morgan fingerprint density at radius 3 is 2.61 bits per heavy atom. The molecular weight excluding hydrogens is 298 g/mol. The van der Waals surface area contributed by atoms with Crippen LogP contribution in [-0.4, -0.2) is 36.5 Å². The van der Waals surface area contributed by atoms with Crippen LogP contribution in [0.2, 0.25) is 0 Å². The quantitative estimate of drug-likeness (QED) is 0.831. The van der Waals surface area contributed by atoms with Crippen molar-refractivity contribution in [2.24, 2.45) is 13.0 Å². The molecule has 0 fully saturated rings. The van der Waals surface area contributed by atoms with Crippen molar-refractivity contribution in [1.29, 1.82) is 0 Å². The lowest BCUT2D eigenvalue weighted by Crippen LogP contribution is -2.23. The van der Waals surface area contributed by atoms with E-state index < -0.39 is 5.97 Å². The van der Waals surface area contributed by atoms with E-state index >= 15 is 0 Å². The van der Waals surface area contributed by atoms with Gasteiger partial charge in [0.1, 0.15) is 6.54 Å². The van der Waals surface area contributed by atoms with Gasteiger partial charge >= 0.3 is 5.97 Å². The molecule has 1 atom stereocenters. The molecule has 0 saturated carbocycles. The van der Waals surface area contributed by atoms with Crippen LogP contribution in [0.3, 0.4) is 0 Å². The Morgan fingerprint density at radius 2 is 2.04 bits per heavy atom. The van der Waals surface area contributed by atoms with Crippen molar-refractivity contribution >= 4 is 17.7 Å². The molecule has 0 spiro atoms. The van der Waals surface area contributed by atoms with Crippen LogP contribution in [0, 0.1) is 19.8 Å². The summed E-state index contributed by atoms with van der Waals surface area (Å²) in [5.74, 6) is -1.04. The molecule has 8 nitrogen and oxygen atoms in total. The van der Waals surface area contributed by atoms with Crippen molar-refractivity contribution < 1.29 is 14.7 Å². The molecule has 0 bridgehead atoms. The summed E-state index contributed by atoms with van der Waals surface area (Å²) < 4.78 is 3.07. The van der Waals surface area contributed by atoms with Crippen LogP contribution in [0.4, 0.5) is 5.82 Å². The van der Waals surface area contributed by atoms with Gasteiger partial charge in [0, 0.05) is 30.9 Å². The summed E-state index contributed by atoms with van der Waals surface area (Å²) in [5.41, 5.74) is 3.05. The van der Waals surface area contributed by atoms with Gasteiger partial charge in [-0.25, -0.2) is 0 Å². The number of hydrogen-bond donors (Lipinski definition) is 2. The molecule has 2 aromatic heterocycles. The maximum atomic E-state index is 12.3. The number of carbonyl (C=O) groups excluding carboxylic acids is 1.